The van der Waals surface area contributed by atoms with Gasteiger partial charge in [0.2, 0.25) is 5.91 Å². The average Bonchev–Trinajstić information content (AvgIpc) is 2.70. The van der Waals surface area contributed by atoms with Gasteiger partial charge in [-0.05, 0) is 63.8 Å². The molecule has 0 unspecified atom stereocenters. The van der Waals surface area contributed by atoms with E-state index in [2.05, 4.69) is 15.5 Å². The molecule has 4 rings (SSSR count). The lowest BCUT2D eigenvalue weighted by Crippen LogP contribution is -2.65. The highest BCUT2D eigenvalue weighted by Crippen LogP contribution is 2.38. The first-order chi connectivity index (χ1) is 13.6. The van der Waals surface area contributed by atoms with Gasteiger partial charge in [0, 0.05) is 30.7 Å². The Kier molecular flexibility index (Phi) is 9.82. The van der Waals surface area contributed by atoms with Crippen LogP contribution in [0.25, 0.3) is 0 Å². The van der Waals surface area contributed by atoms with E-state index in [1.54, 1.807) is 12.1 Å². The molecule has 1 aromatic rings. The van der Waals surface area contributed by atoms with Gasteiger partial charge >= 0.3 is 0 Å². The van der Waals surface area contributed by atoms with Crippen molar-refractivity contribution >= 4 is 30.7 Å². The van der Waals surface area contributed by atoms with E-state index in [1.165, 1.54) is 38.3 Å². The van der Waals surface area contributed by atoms with Crippen molar-refractivity contribution in [2.75, 3.05) is 39.8 Å². The van der Waals surface area contributed by atoms with Gasteiger partial charge in [0.1, 0.15) is 5.82 Å². The summed E-state index contributed by atoms with van der Waals surface area (Å²) in [5.74, 6) is 1.22. The van der Waals surface area contributed by atoms with Crippen LogP contribution >= 0.6 is 24.8 Å². The molecule has 0 radical (unpaired) electrons. The van der Waals surface area contributed by atoms with Gasteiger partial charge in [-0.2, -0.15) is 0 Å². The number of piperidine rings is 3. The molecular formula is C22H35Cl2FN4O. The highest BCUT2D eigenvalue weighted by molar-refractivity contribution is 5.85. The molecule has 170 valence electrons. The Bertz CT molecular complexity index is 695. The van der Waals surface area contributed by atoms with Crippen LogP contribution in [0.15, 0.2) is 24.3 Å². The SMILES string of the molecule is CN(CC(=O)NC[C@H]1[C@@H]2CNC[C@@H](C2)[C@@H]2CCCCN21)Cc1ccccc1F.Cl.Cl. The molecule has 3 saturated heterocycles. The summed E-state index contributed by atoms with van der Waals surface area (Å²) < 4.78 is 13.8. The molecule has 1 amide bonds. The lowest BCUT2D eigenvalue weighted by molar-refractivity contribution is -0.123. The van der Waals surface area contributed by atoms with Gasteiger partial charge in [0.05, 0.1) is 6.54 Å². The molecule has 3 aliphatic heterocycles. The molecule has 5 nitrogen and oxygen atoms in total. The topological polar surface area (TPSA) is 47.6 Å². The predicted molar refractivity (Wildman–Crippen MR) is 123 cm³/mol. The molecule has 0 saturated carbocycles. The second-order valence-corrected chi connectivity index (χ2v) is 8.85. The van der Waals surface area contributed by atoms with Crippen LogP contribution in [0.5, 0.6) is 0 Å². The van der Waals surface area contributed by atoms with Gasteiger partial charge in [-0.3, -0.25) is 14.6 Å². The highest BCUT2D eigenvalue weighted by Gasteiger charge is 2.45. The van der Waals surface area contributed by atoms with E-state index in [1.807, 2.05) is 18.0 Å². The summed E-state index contributed by atoms with van der Waals surface area (Å²) in [7, 11) is 1.86. The number of hydrogen-bond acceptors (Lipinski definition) is 4. The van der Waals surface area contributed by atoms with Gasteiger partial charge in [0.25, 0.3) is 0 Å². The number of amides is 1. The van der Waals surface area contributed by atoms with Crippen molar-refractivity contribution in [2.24, 2.45) is 11.8 Å². The molecule has 8 heteroatoms. The number of carbonyl (C=O) groups excluding carboxylic acids is 1. The van der Waals surface area contributed by atoms with Gasteiger partial charge in [-0.15, -0.1) is 24.8 Å². The van der Waals surface area contributed by atoms with Crippen LogP contribution in [0.1, 0.15) is 31.2 Å². The van der Waals surface area contributed by atoms with Crippen molar-refractivity contribution in [2.45, 2.75) is 44.3 Å². The molecule has 0 spiro atoms. The summed E-state index contributed by atoms with van der Waals surface area (Å²) in [5.41, 5.74) is 0.626. The summed E-state index contributed by atoms with van der Waals surface area (Å²) in [6.07, 6.45) is 5.21. The number of fused-ring (bicyclic) bond motifs is 4. The molecular weight excluding hydrogens is 426 g/mol. The van der Waals surface area contributed by atoms with Crippen LogP contribution in [0.3, 0.4) is 0 Å². The molecule has 3 aliphatic rings. The maximum Gasteiger partial charge on any atom is 0.234 e. The van der Waals surface area contributed by atoms with Crippen LogP contribution in [0.4, 0.5) is 4.39 Å². The zero-order valence-electron chi connectivity index (χ0n) is 17.7. The highest BCUT2D eigenvalue weighted by atomic mass is 35.5. The maximum absolute atomic E-state index is 13.8. The standard InChI is InChI=1S/C22H33FN4O.2ClH/c1-26(14-16-6-2-3-7-19(16)23)15-22(28)25-13-21-18-10-17(11-24-12-18)20-8-4-5-9-27(20)21;;/h2-3,6-7,17-18,20-21,24H,4-5,8-15H2,1H3,(H,25,28);2*1H/t17-,18+,20+,21+;;/m1../s1. The molecule has 1 aromatic carbocycles. The van der Waals surface area contributed by atoms with E-state index in [0.29, 0.717) is 30.1 Å². The van der Waals surface area contributed by atoms with Crippen LogP contribution < -0.4 is 10.6 Å². The third kappa shape index (κ3) is 5.86. The zero-order chi connectivity index (χ0) is 19.5. The Labute approximate surface area is 192 Å². The molecule has 4 atom stereocenters. The summed E-state index contributed by atoms with van der Waals surface area (Å²) in [5, 5.41) is 6.80. The summed E-state index contributed by atoms with van der Waals surface area (Å²) in [6, 6.07) is 7.88. The van der Waals surface area contributed by atoms with E-state index in [9.17, 15) is 9.18 Å². The van der Waals surface area contributed by atoms with Crippen LogP contribution in [0.2, 0.25) is 0 Å². The van der Waals surface area contributed by atoms with Crippen molar-refractivity contribution in [1.29, 1.82) is 0 Å². The second kappa shape index (κ2) is 11.6. The Morgan fingerprint density at radius 3 is 2.80 bits per heavy atom. The number of benzene rings is 1. The fraction of sp³-hybridized carbons (Fsp3) is 0.682. The van der Waals surface area contributed by atoms with Crippen molar-refractivity contribution in [3.63, 3.8) is 0 Å². The number of nitrogens with zero attached hydrogens (tertiary/aromatic N) is 2. The van der Waals surface area contributed by atoms with Gasteiger partial charge in [-0.25, -0.2) is 4.39 Å². The van der Waals surface area contributed by atoms with E-state index >= 15 is 0 Å². The fourth-order valence-corrected chi connectivity index (χ4v) is 5.54. The average molecular weight is 461 g/mol. The third-order valence-corrected chi connectivity index (χ3v) is 6.85. The largest absolute Gasteiger partial charge is 0.353 e. The number of hydrogen-bond donors (Lipinski definition) is 2. The zero-order valence-corrected chi connectivity index (χ0v) is 19.3. The number of carbonyl (C=O) groups is 1. The first-order valence-corrected chi connectivity index (χ1v) is 10.8. The summed E-state index contributed by atoms with van der Waals surface area (Å²) >= 11 is 0. The van der Waals surface area contributed by atoms with E-state index < -0.39 is 0 Å². The number of halogens is 3. The van der Waals surface area contributed by atoms with Crippen molar-refractivity contribution in [1.82, 2.24) is 20.4 Å². The molecule has 3 fully saturated rings. The lowest BCUT2D eigenvalue weighted by atomic mass is 9.73. The van der Waals surface area contributed by atoms with Crippen LogP contribution in [-0.4, -0.2) is 67.6 Å². The normalized spacial score (nSPS) is 28.1. The van der Waals surface area contributed by atoms with Gasteiger partial charge < -0.3 is 10.6 Å². The summed E-state index contributed by atoms with van der Waals surface area (Å²) in [6.45, 7) is 4.83. The van der Waals surface area contributed by atoms with E-state index in [0.717, 1.165) is 25.6 Å². The predicted octanol–water partition coefficient (Wildman–Crippen LogP) is 2.68. The van der Waals surface area contributed by atoms with Crippen molar-refractivity contribution in [3.8, 4) is 0 Å². The molecule has 3 heterocycles. The third-order valence-electron chi connectivity index (χ3n) is 6.85. The van der Waals surface area contributed by atoms with Crippen molar-refractivity contribution in [3.05, 3.63) is 35.6 Å². The second-order valence-electron chi connectivity index (χ2n) is 8.85. The number of nitrogens with one attached hydrogen (secondary N) is 2. The Balaban J connectivity index is 0.00000160. The van der Waals surface area contributed by atoms with Crippen LogP contribution in [0, 0.1) is 17.7 Å². The monoisotopic (exact) mass is 460 g/mol. The first kappa shape index (κ1) is 25.3. The van der Waals surface area contributed by atoms with E-state index in [4.69, 9.17) is 0 Å². The minimum Gasteiger partial charge on any atom is -0.353 e. The van der Waals surface area contributed by atoms with Crippen LogP contribution in [-0.2, 0) is 11.3 Å². The van der Waals surface area contributed by atoms with Gasteiger partial charge in [0.15, 0.2) is 0 Å². The fourth-order valence-electron chi connectivity index (χ4n) is 5.54. The smallest absolute Gasteiger partial charge is 0.234 e. The maximum atomic E-state index is 13.8. The first-order valence-electron chi connectivity index (χ1n) is 10.8. The molecule has 30 heavy (non-hydrogen) atoms. The Morgan fingerprint density at radius 2 is 2.00 bits per heavy atom. The molecule has 2 bridgehead atoms. The molecule has 0 aliphatic carbocycles. The molecule has 2 N–H and O–H groups in total. The quantitative estimate of drug-likeness (QED) is 0.684. The lowest BCUT2D eigenvalue weighted by Gasteiger charge is -2.55. The minimum absolute atomic E-state index is 0. The molecule has 0 aromatic heterocycles. The van der Waals surface area contributed by atoms with E-state index in [-0.39, 0.29) is 43.1 Å². The minimum atomic E-state index is -0.215. The number of likely N-dealkylation sites (N-methyl/N-ethyl adjacent to an activating group) is 1. The Morgan fingerprint density at radius 1 is 1.23 bits per heavy atom. The Hall–Kier alpha value is -0.920. The number of rotatable bonds is 6. The van der Waals surface area contributed by atoms with Crippen molar-refractivity contribution < 1.29 is 9.18 Å². The van der Waals surface area contributed by atoms with Gasteiger partial charge in [-0.1, -0.05) is 24.6 Å². The summed E-state index contributed by atoms with van der Waals surface area (Å²) in [4.78, 5) is 17.1.